The zero-order valence-electron chi connectivity index (χ0n) is 13.1. The minimum atomic E-state index is -0.860. The predicted molar refractivity (Wildman–Crippen MR) is 86.2 cm³/mol. The van der Waals surface area contributed by atoms with Crippen LogP contribution >= 0.6 is 0 Å². The van der Waals surface area contributed by atoms with Crippen LogP contribution < -0.4 is 10.1 Å². The quantitative estimate of drug-likeness (QED) is 0.833. The lowest BCUT2D eigenvalue weighted by atomic mass is 10.2. The molecule has 0 bridgehead atoms. The molecule has 0 aliphatic heterocycles. The molecule has 2 aromatic rings. The van der Waals surface area contributed by atoms with Gasteiger partial charge in [-0.25, -0.2) is 4.79 Å². The predicted octanol–water partition coefficient (Wildman–Crippen LogP) is 2.56. The van der Waals surface area contributed by atoms with Gasteiger partial charge in [0.2, 0.25) is 0 Å². The van der Waals surface area contributed by atoms with Crippen molar-refractivity contribution in [1.82, 2.24) is 5.32 Å². The van der Waals surface area contributed by atoms with Crippen LogP contribution in [0.1, 0.15) is 22.8 Å². The van der Waals surface area contributed by atoms with Crippen molar-refractivity contribution >= 4 is 11.9 Å². The molecule has 0 radical (unpaired) electrons. The number of nitrogens with one attached hydrogen (secondary N) is 1. The maximum absolute atomic E-state index is 12.0. The van der Waals surface area contributed by atoms with Gasteiger partial charge < -0.3 is 14.8 Å². The largest absolute Gasteiger partial charge is 0.497 e. The molecule has 0 aliphatic carbocycles. The molecule has 5 heteroatoms. The van der Waals surface area contributed by atoms with Gasteiger partial charge in [-0.05, 0) is 36.8 Å². The van der Waals surface area contributed by atoms with Crippen molar-refractivity contribution in [1.29, 1.82) is 0 Å². The second-order valence-electron chi connectivity index (χ2n) is 4.98. The number of hydrogen-bond donors (Lipinski definition) is 1. The number of benzene rings is 2. The van der Waals surface area contributed by atoms with E-state index in [2.05, 4.69) is 5.32 Å². The minimum Gasteiger partial charge on any atom is -0.497 e. The molecular weight excluding hydrogens is 294 g/mol. The Labute approximate surface area is 135 Å². The molecule has 0 fully saturated rings. The fraction of sp³-hybridized carbons (Fsp3) is 0.222. The van der Waals surface area contributed by atoms with E-state index < -0.39 is 12.1 Å². The number of amides is 1. The molecule has 0 saturated carbocycles. The summed E-state index contributed by atoms with van der Waals surface area (Å²) in [7, 11) is 1.60. The van der Waals surface area contributed by atoms with Crippen LogP contribution in [0.5, 0.6) is 5.75 Å². The van der Waals surface area contributed by atoms with Gasteiger partial charge in [-0.1, -0.05) is 30.3 Å². The Bertz CT molecular complexity index is 652. The number of methoxy groups -OCH3 is 1. The molecule has 0 unspecified atom stereocenters. The van der Waals surface area contributed by atoms with E-state index in [1.165, 1.54) is 0 Å². The van der Waals surface area contributed by atoms with Gasteiger partial charge in [0.25, 0.3) is 5.91 Å². The minimum absolute atomic E-state index is 0.343. The summed E-state index contributed by atoms with van der Waals surface area (Å²) in [5.74, 6) is -0.104. The maximum Gasteiger partial charge on any atom is 0.338 e. The smallest absolute Gasteiger partial charge is 0.338 e. The third-order valence-electron chi connectivity index (χ3n) is 3.29. The molecule has 1 N–H and O–H groups in total. The molecule has 0 heterocycles. The molecule has 0 aliphatic rings. The summed E-state index contributed by atoms with van der Waals surface area (Å²) < 4.78 is 10.2. The van der Waals surface area contributed by atoms with Crippen molar-refractivity contribution < 1.29 is 19.1 Å². The summed E-state index contributed by atoms with van der Waals surface area (Å²) in [5, 5.41) is 2.74. The highest BCUT2D eigenvalue weighted by Crippen LogP contribution is 2.11. The van der Waals surface area contributed by atoms with Crippen molar-refractivity contribution in [3.8, 4) is 5.75 Å². The summed E-state index contributed by atoms with van der Waals surface area (Å²) in [6, 6.07) is 15.9. The van der Waals surface area contributed by atoms with E-state index in [0.29, 0.717) is 12.1 Å². The molecule has 2 aromatic carbocycles. The maximum atomic E-state index is 12.0. The van der Waals surface area contributed by atoms with Crippen LogP contribution in [-0.2, 0) is 16.1 Å². The first-order valence-electron chi connectivity index (χ1n) is 7.27. The zero-order valence-corrected chi connectivity index (χ0v) is 13.1. The van der Waals surface area contributed by atoms with Crippen molar-refractivity contribution in [2.24, 2.45) is 0 Å². The molecule has 23 heavy (non-hydrogen) atoms. The number of hydrogen-bond acceptors (Lipinski definition) is 4. The highest BCUT2D eigenvalue weighted by molar-refractivity contribution is 5.92. The summed E-state index contributed by atoms with van der Waals surface area (Å²) in [6.45, 7) is 1.90. The van der Waals surface area contributed by atoms with E-state index in [1.807, 2.05) is 30.3 Å². The van der Waals surface area contributed by atoms with Gasteiger partial charge in [0, 0.05) is 6.54 Å². The third kappa shape index (κ3) is 4.85. The van der Waals surface area contributed by atoms with E-state index in [-0.39, 0.29) is 5.91 Å². The molecular formula is C18H19NO4. The Balaban J connectivity index is 1.83. The van der Waals surface area contributed by atoms with Gasteiger partial charge in [0.15, 0.2) is 6.10 Å². The van der Waals surface area contributed by atoms with Gasteiger partial charge in [0.1, 0.15) is 5.75 Å². The van der Waals surface area contributed by atoms with Crippen LogP contribution in [0.15, 0.2) is 54.6 Å². The van der Waals surface area contributed by atoms with Crippen molar-refractivity contribution in [3.05, 3.63) is 65.7 Å². The molecule has 0 saturated heterocycles. The number of carbonyl (C=O) groups excluding carboxylic acids is 2. The molecule has 5 nitrogen and oxygen atoms in total. The van der Waals surface area contributed by atoms with E-state index in [9.17, 15) is 9.59 Å². The summed E-state index contributed by atoms with van der Waals surface area (Å²) in [4.78, 5) is 23.9. The first kappa shape index (κ1) is 16.5. The van der Waals surface area contributed by atoms with Gasteiger partial charge in [-0.15, -0.1) is 0 Å². The number of esters is 1. The Kier molecular flexibility index (Phi) is 5.74. The Hall–Kier alpha value is -2.82. The van der Waals surface area contributed by atoms with Crippen molar-refractivity contribution in [3.63, 3.8) is 0 Å². The summed E-state index contributed by atoms with van der Waals surface area (Å²) >= 11 is 0. The Morgan fingerprint density at radius 2 is 1.70 bits per heavy atom. The molecule has 1 amide bonds. The van der Waals surface area contributed by atoms with Gasteiger partial charge in [-0.2, -0.15) is 0 Å². The number of rotatable bonds is 6. The SMILES string of the molecule is COc1ccc(CNC(=O)[C@@H](C)OC(=O)c2ccccc2)cc1. The molecule has 1 atom stereocenters. The molecule has 120 valence electrons. The third-order valence-corrected chi connectivity index (χ3v) is 3.29. The van der Waals surface area contributed by atoms with Crippen LogP contribution in [0.4, 0.5) is 0 Å². The van der Waals surface area contributed by atoms with Crippen LogP contribution in [0.3, 0.4) is 0 Å². The highest BCUT2D eigenvalue weighted by Gasteiger charge is 2.18. The lowest BCUT2D eigenvalue weighted by Gasteiger charge is -2.13. The van der Waals surface area contributed by atoms with Crippen LogP contribution in [-0.4, -0.2) is 25.1 Å². The lowest BCUT2D eigenvalue weighted by Crippen LogP contribution is -2.35. The van der Waals surface area contributed by atoms with Crippen molar-refractivity contribution in [2.75, 3.05) is 7.11 Å². The van der Waals surface area contributed by atoms with E-state index in [1.54, 1.807) is 38.3 Å². The standard InChI is InChI=1S/C18H19NO4/c1-13(23-18(21)15-6-4-3-5-7-15)17(20)19-12-14-8-10-16(22-2)11-9-14/h3-11,13H,12H2,1-2H3,(H,19,20)/t13-/m1/s1. The summed E-state index contributed by atoms with van der Waals surface area (Å²) in [6.07, 6.45) is -0.860. The van der Waals surface area contributed by atoms with Crippen LogP contribution in [0.2, 0.25) is 0 Å². The van der Waals surface area contributed by atoms with Gasteiger partial charge in [0.05, 0.1) is 12.7 Å². The van der Waals surface area contributed by atoms with Crippen LogP contribution in [0.25, 0.3) is 0 Å². The monoisotopic (exact) mass is 313 g/mol. The zero-order chi connectivity index (χ0) is 16.7. The Morgan fingerprint density at radius 1 is 1.04 bits per heavy atom. The fourth-order valence-electron chi connectivity index (χ4n) is 1.93. The average Bonchev–Trinajstić information content (AvgIpc) is 2.60. The van der Waals surface area contributed by atoms with E-state index in [0.717, 1.165) is 11.3 Å². The second-order valence-corrected chi connectivity index (χ2v) is 4.98. The second kappa shape index (κ2) is 7.98. The van der Waals surface area contributed by atoms with Gasteiger partial charge in [-0.3, -0.25) is 4.79 Å². The first-order chi connectivity index (χ1) is 11.1. The fourth-order valence-corrected chi connectivity index (χ4v) is 1.93. The normalized spacial score (nSPS) is 11.4. The topological polar surface area (TPSA) is 64.6 Å². The molecule has 0 spiro atoms. The number of ether oxygens (including phenoxy) is 2. The average molecular weight is 313 g/mol. The molecule has 2 rings (SSSR count). The Morgan fingerprint density at radius 3 is 2.30 bits per heavy atom. The van der Waals surface area contributed by atoms with Crippen molar-refractivity contribution in [2.45, 2.75) is 19.6 Å². The van der Waals surface area contributed by atoms with E-state index in [4.69, 9.17) is 9.47 Å². The lowest BCUT2D eigenvalue weighted by molar-refractivity contribution is -0.129. The first-order valence-corrected chi connectivity index (χ1v) is 7.27. The van der Waals surface area contributed by atoms with Crippen LogP contribution in [0, 0.1) is 0 Å². The molecule has 0 aromatic heterocycles. The highest BCUT2D eigenvalue weighted by atomic mass is 16.5. The summed E-state index contributed by atoms with van der Waals surface area (Å²) in [5.41, 5.74) is 1.35. The van der Waals surface area contributed by atoms with E-state index >= 15 is 0 Å². The van der Waals surface area contributed by atoms with Gasteiger partial charge >= 0.3 is 5.97 Å². The number of carbonyl (C=O) groups is 2.